The van der Waals surface area contributed by atoms with Crippen molar-refractivity contribution in [3.05, 3.63) is 29.3 Å². The maximum absolute atomic E-state index is 12.2. The van der Waals surface area contributed by atoms with Crippen LogP contribution in [0.3, 0.4) is 0 Å². The minimum Gasteiger partial charge on any atom is -0.491 e. The maximum atomic E-state index is 12.2. The van der Waals surface area contributed by atoms with Gasteiger partial charge in [-0.3, -0.25) is 0 Å². The zero-order chi connectivity index (χ0) is 16.0. The first-order valence-electron chi connectivity index (χ1n) is 6.85. The zero-order valence-corrected chi connectivity index (χ0v) is 12.5. The van der Waals surface area contributed by atoms with E-state index in [1.54, 1.807) is 0 Å². The van der Waals surface area contributed by atoms with Gasteiger partial charge in [0.1, 0.15) is 18.5 Å². The number of aliphatic hydroxyl groups excluding tert-OH is 1. The Morgan fingerprint density at radius 3 is 2.57 bits per heavy atom. The maximum Gasteiger partial charge on any atom is 0.390 e. The molecular formula is C15H22F3NO2. The van der Waals surface area contributed by atoms with Crippen LogP contribution in [0.15, 0.2) is 18.2 Å². The van der Waals surface area contributed by atoms with Crippen LogP contribution in [0.1, 0.15) is 24.5 Å². The van der Waals surface area contributed by atoms with Crippen molar-refractivity contribution in [3.63, 3.8) is 0 Å². The Labute approximate surface area is 123 Å². The highest BCUT2D eigenvalue weighted by Crippen LogP contribution is 2.21. The molecule has 0 saturated heterocycles. The van der Waals surface area contributed by atoms with Gasteiger partial charge >= 0.3 is 6.18 Å². The minimum atomic E-state index is -4.20. The summed E-state index contributed by atoms with van der Waals surface area (Å²) in [4.78, 5) is 0. The van der Waals surface area contributed by atoms with Crippen molar-refractivity contribution >= 4 is 0 Å². The van der Waals surface area contributed by atoms with Gasteiger partial charge in [0, 0.05) is 12.6 Å². The molecule has 0 amide bonds. The Morgan fingerprint density at radius 2 is 1.95 bits per heavy atom. The second kappa shape index (κ2) is 7.66. The van der Waals surface area contributed by atoms with Crippen LogP contribution in [0.5, 0.6) is 5.75 Å². The Balaban J connectivity index is 2.34. The molecule has 0 aliphatic carbocycles. The molecule has 0 spiro atoms. The molecule has 0 aromatic heterocycles. The predicted molar refractivity (Wildman–Crippen MR) is 75.6 cm³/mol. The number of alkyl halides is 3. The van der Waals surface area contributed by atoms with Crippen LogP contribution in [-0.4, -0.2) is 36.6 Å². The lowest BCUT2D eigenvalue weighted by Gasteiger charge is -2.19. The molecule has 1 aromatic rings. The van der Waals surface area contributed by atoms with E-state index in [-0.39, 0.29) is 13.2 Å². The van der Waals surface area contributed by atoms with Gasteiger partial charge in [0.15, 0.2) is 0 Å². The molecule has 3 nitrogen and oxygen atoms in total. The number of ether oxygens (including phenoxy) is 1. The quantitative estimate of drug-likeness (QED) is 0.814. The Morgan fingerprint density at radius 1 is 1.29 bits per heavy atom. The monoisotopic (exact) mass is 305 g/mol. The van der Waals surface area contributed by atoms with Gasteiger partial charge in [0.25, 0.3) is 0 Å². The highest BCUT2D eigenvalue weighted by molar-refractivity contribution is 5.35. The molecular weight excluding hydrogens is 283 g/mol. The second-order valence-corrected chi connectivity index (χ2v) is 5.36. The molecule has 0 fully saturated rings. The summed E-state index contributed by atoms with van der Waals surface area (Å²) in [5.74, 6) is 0.678. The van der Waals surface area contributed by atoms with Crippen LogP contribution in [-0.2, 0) is 0 Å². The normalized spacial score (nSPS) is 14.8. The van der Waals surface area contributed by atoms with Crippen LogP contribution in [0.2, 0.25) is 0 Å². The highest BCUT2D eigenvalue weighted by Gasteiger charge is 2.29. The largest absolute Gasteiger partial charge is 0.491 e. The average molecular weight is 305 g/mol. The molecule has 0 saturated carbocycles. The van der Waals surface area contributed by atoms with E-state index in [1.807, 2.05) is 32.0 Å². The van der Waals surface area contributed by atoms with Gasteiger partial charge in [-0.05, 0) is 38.0 Å². The lowest BCUT2D eigenvalue weighted by atomic mass is 10.1. The summed E-state index contributed by atoms with van der Waals surface area (Å²) in [6.45, 7) is 5.36. The van der Waals surface area contributed by atoms with Crippen molar-refractivity contribution in [2.45, 2.75) is 45.5 Å². The van der Waals surface area contributed by atoms with E-state index >= 15 is 0 Å². The van der Waals surface area contributed by atoms with Gasteiger partial charge in [-0.25, -0.2) is 0 Å². The minimum absolute atomic E-state index is 0.0377. The molecule has 2 unspecified atom stereocenters. The van der Waals surface area contributed by atoms with Crippen LogP contribution >= 0.6 is 0 Å². The lowest BCUT2D eigenvalue weighted by molar-refractivity contribution is -0.139. The molecule has 0 heterocycles. The van der Waals surface area contributed by atoms with E-state index in [1.165, 1.54) is 6.92 Å². The Hall–Kier alpha value is -1.27. The first kappa shape index (κ1) is 17.8. The van der Waals surface area contributed by atoms with Crippen molar-refractivity contribution in [2.24, 2.45) is 0 Å². The molecule has 0 radical (unpaired) electrons. The third-order valence-corrected chi connectivity index (χ3v) is 3.01. The van der Waals surface area contributed by atoms with E-state index in [0.717, 1.165) is 11.1 Å². The van der Waals surface area contributed by atoms with Gasteiger partial charge in [0.2, 0.25) is 0 Å². The summed E-state index contributed by atoms with van der Waals surface area (Å²) in [6.07, 6.45) is -5.98. The van der Waals surface area contributed by atoms with Gasteiger partial charge in [-0.1, -0.05) is 12.1 Å². The smallest absolute Gasteiger partial charge is 0.390 e. The number of benzene rings is 1. The highest BCUT2D eigenvalue weighted by atomic mass is 19.4. The van der Waals surface area contributed by atoms with Gasteiger partial charge in [-0.15, -0.1) is 0 Å². The summed E-state index contributed by atoms with van der Waals surface area (Å²) in [5, 5.41) is 12.4. The number of aliphatic hydroxyl groups is 1. The summed E-state index contributed by atoms with van der Waals surface area (Å²) >= 11 is 0. The molecule has 1 aromatic carbocycles. The molecule has 21 heavy (non-hydrogen) atoms. The molecule has 1 rings (SSSR count). The average Bonchev–Trinajstić information content (AvgIpc) is 2.35. The first-order chi connectivity index (χ1) is 9.67. The van der Waals surface area contributed by atoms with E-state index in [9.17, 15) is 18.3 Å². The Bertz CT molecular complexity index is 449. The van der Waals surface area contributed by atoms with Crippen molar-refractivity contribution in [3.8, 4) is 5.75 Å². The molecule has 2 N–H and O–H groups in total. The second-order valence-electron chi connectivity index (χ2n) is 5.36. The van der Waals surface area contributed by atoms with Gasteiger partial charge in [-0.2, -0.15) is 13.2 Å². The van der Waals surface area contributed by atoms with E-state index in [2.05, 4.69) is 5.32 Å². The summed E-state index contributed by atoms with van der Waals surface area (Å²) in [6, 6.07) is 5.00. The van der Waals surface area contributed by atoms with Crippen molar-refractivity contribution in [2.75, 3.05) is 13.2 Å². The number of hydrogen-bond acceptors (Lipinski definition) is 3. The molecule has 2 atom stereocenters. The molecule has 6 heteroatoms. The van der Waals surface area contributed by atoms with Crippen LogP contribution in [0.25, 0.3) is 0 Å². The first-order valence-corrected chi connectivity index (χ1v) is 6.85. The summed E-state index contributed by atoms with van der Waals surface area (Å²) in [7, 11) is 0. The fourth-order valence-electron chi connectivity index (χ4n) is 1.86. The van der Waals surface area contributed by atoms with E-state index in [4.69, 9.17) is 4.74 Å². The van der Waals surface area contributed by atoms with Crippen molar-refractivity contribution in [1.82, 2.24) is 5.32 Å². The summed E-state index contributed by atoms with van der Waals surface area (Å²) < 4.78 is 42.0. The van der Waals surface area contributed by atoms with Crippen LogP contribution < -0.4 is 10.1 Å². The molecule has 0 aliphatic rings. The van der Waals surface area contributed by atoms with E-state index in [0.29, 0.717) is 5.75 Å². The molecule has 0 aliphatic heterocycles. The topological polar surface area (TPSA) is 41.5 Å². The number of rotatable bonds is 7. The number of halogens is 3. The van der Waals surface area contributed by atoms with E-state index < -0.39 is 24.7 Å². The van der Waals surface area contributed by atoms with Crippen LogP contribution in [0, 0.1) is 13.8 Å². The van der Waals surface area contributed by atoms with Crippen molar-refractivity contribution in [1.29, 1.82) is 0 Å². The van der Waals surface area contributed by atoms with Gasteiger partial charge < -0.3 is 15.2 Å². The zero-order valence-electron chi connectivity index (χ0n) is 12.5. The molecule has 0 bridgehead atoms. The standard InChI is InChI=1S/C15H22F3NO2/c1-10-4-5-11(2)14(6-10)21-9-13(20)8-19-12(3)7-15(16,17)18/h4-6,12-13,19-20H,7-9H2,1-3H3. The van der Waals surface area contributed by atoms with Crippen LogP contribution in [0.4, 0.5) is 13.2 Å². The number of nitrogens with one attached hydrogen (secondary N) is 1. The Kier molecular flexibility index (Phi) is 6.48. The lowest BCUT2D eigenvalue weighted by Crippen LogP contribution is -2.38. The van der Waals surface area contributed by atoms with Crippen molar-refractivity contribution < 1.29 is 23.0 Å². The number of aryl methyl sites for hydroxylation is 2. The van der Waals surface area contributed by atoms with Gasteiger partial charge in [0.05, 0.1) is 6.42 Å². The third kappa shape index (κ3) is 7.34. The summed E-state index contributed by atoms with van der Waals surface area (Å²) in [5.41, 5.74) is 1.99. The SMILES string of the molecule is Cc1ccc(C)c(OCC(O)CNC(C)CC(F)(F)F)c1. The fourth-order valence-corrected chi connectivity index (χ4v) is 1.86. The molecule has 120 valence electrons. The third-order valence-electron chi connectivity index (χ3n) is 3.01. The number of hydrogen-bond donors (Lipinski definition) is 2. The predicted octanol–water partition coefficient (Wildman–Crippen LogP) is 2.97. The fraction of sp³-hybridized carbons (Fsp3) is 0.600.